The zero-order valence-corrected chi connectivity index (χ0v) is 23.9. The summed E-state index contributed by atoms with van der Waals surface area (Å²) in [4.78, 5) is 26.9. The molecule has 8 nitrogen and oxygen atoms in total. The molecule has 0 aliphatic heterocycles. The molecule has 1 aliphatic rings. The number of nitrogens with one attached hydrogen (secondary N) is 1. The fourth-order valence-electron chi connectivity index (χ4n) is 4.43. The molecule has 1 N–H and O–H groups in total. The molecule has 0 saturated heterocycles. The Labute approximate surface area is 231 Å². The molecule has 0 fully saturated rings. The first kappa shape index (κ1) is 27.9. The second-order valence-electron chi connectivity index (χ2n) is 9.43. The number of rotatable bonds is 11. The van der Waals surface area contributed by atoms with E-state index in [0.717, 1.165) is 41.0 Å². The smallest absolute Gasteiger partial charge is 0.341 e. The first-order valence-electron chi connectivity index (χ1n) is 12.8. The minimum Gasteiger partial charge on any atom is -0.483 e. The molecule has 10 heteroatoms. The van der Waals surface area contributed by atoms with Crippen molar-refractivity contribution >= 4 is 40.0 Å². The molecule has 202 valence electrons. The van der Waals surface area contributed by atoms with Gasteiger partial charge in [0, 0.05) is 11.4 Å². The number of benzene rings is 1. The molecule has 2 heterocycles. The average molecular weight is 555 g/mol. The molecule has 38 heavy (non-hydrogen) atoms. The minimum atomic E-state index is -0.375. The number of thioether (sulfide) groups is 1. The number of nitrogens with zero attached hydrogens (tertiary/aromatic N) is 3. The largest absolute Gasteiger partial charge is 0.483 e. The Hall–Kier alpha value is -3.11. The van der Waals surface area contributed by atoms with Crippen LogP contribution in [0.25, 0.3) is 0 Å². The molecule has 1 aromatic carbocycles. The van der Waals surface area contributed by atoms with Gasteiger partial charge in [0.2, 0.25) is 5.91 Å². The molecule has 0 saturated carbocycles. The van der Waals surface area contributed by atoms with Gasteiger partial charge in [-0.15, -0.1) is 28.1 Å². The molecule has 0 bridgehead atoms. The van der Waals surface area contributed by atoms with Crippen LogP contribution < -0.4 is 10.1 Å². The summed E-state index contributed by atoms with van der Waals surface area (Å²) < 4.78 is 13.3. The number of ether oxygens (including phenoxy) is 2. The van der Waals surface area contributed by atoms with Crippen molar-refractivity contribution in [3.05, 3.63) is 64.3 Å². The van der Waals surface area contributed by atoms with Crippen molar-refractivity contribution in [1.82, 2.24) is 14.8 Å². The van der Waals surface area contributed by atoms with Crippen LogP contribution in [-0.4, -0.2) is 39.0 Å². The van der Waals surface area contributed by atoms with Gasteiger partial charge in [-0.3, -0.25) is 9.36 Å². The van der Waals surface area contributed by atoms with Crippen LogP contribution >= 0.6 is 23.1 Å². The lowest BCUT2D eigenvalue weighted by Crippen LogP contribution is -2.18. The topological polar surface area (TPSA) is 95.3 Å². The van der Waals surface area contributed by atoms with E-state index in [0.29, 0.717) is 34.0 Å². The van der Waals surface area contributed by atoms with Crippen LogP contribution in [0.3, 0.4) is 0 Å². The van der Waals surface area contributed by atoms with Gasteiger partial charge in [0.1, 0.15) is 10.8 Å². The molecule has 1 aliphatic carbocycles. The summed E-state index contributed by atoms with van der Waals surface area (Å²) in [6.07, 6.45) is 4.17. The number of fused-ring (bicyclic) bond motifs is 1. The number of hydrogen-bond acceptors (Lipinski definition) is 8. The fourth-order valence-corrected chi connectivity index (χ4v) is 6.60. The Balaban J connectivity index is 1.46. The lowest BCUT2D eigenvalue weighted by molar-refractivity contribution is -0.113. The molecule has 2 unspecified atom stereocenters. The summed E-state index contributed by atoms with van der Waals surface area (Å²) in [5.74, 6) is 1.47. The third-order valence-electron chi connectivity index (χ3n) is 6.33. The SMILES string of the molecule is C=CCn1c(SCC(=O)Nc2sc3c(c2C(=O)OCC)CCC(C)C3)nnc1C(C)Oc1ccc(C)cc1. The Morgan fingerprint density at radius 3 is 2.79 bits per heavy atom. The summed E-state index contributed by atoms with van der Waals surface area (Å²) in [6.45, 7) is 12.6. The van der Waals surface area contributed by atoms with E-state index in [1.54, 1.807) is 13.0 Å². The molecule has 2 atom stereocenters. The maximum Gasteiger partial charge on any atom is 0.341 e. The van der Waals surface area contributed by atoms with Gasteiger partial charge in [0.25, 0.3) is 0 Å². The monoisotopic (exact) mass is 554 g/mol. The molecule has 4 rings (SSSR count). The lowest BCUT2D eigenvalue weighted by atomic mass is 9.88. The van der Waals surface area contributed by atoms with Crippen molar-refractivity contribution in [2.45, 2.75) is 64.8 Å². The Morgan fingerprint density at radius 1 is 1.32 bits per heavy atom. The Bertz CT molecular complexity index is 1300. The van der Waals surface area contributed by atoms with Gasteiger partial charge in [-0.05, 0) is 63.6 Å². The maximum atomic E-state index is 13.0. The van der Waals surface area contributed by atoms with Gasteiger partial charge in [-0.1, -0.05) is 42.5 Å². The third kappa shape index (κ3) is 6.47. The zero-order chi connectivity index (χ0) is 27.2. The molecule has 1 amide bonds. The van der Waals surface area contributed by atoms with Crippen molar-refractivity contribution in [1.29, 1.82) is 0 Å². The molecular formula is C28H34N4O4S2. The van der Waals surface area contributed by atoms with Crippen LogP contribution in [-0.2, 0) is 28.9 Å². The fraction of sp³-hybridized carbons (Fsp3) is 0.429. The third-order valence-corrected chi connectivity index (χ3v) is 8.47. The van der Waals surface area contributed by atoms with E-state index in [1.807, 2.05) is 42.7 Å². The van der Waals surface area contributed by atoms with E-state index in [9.17, 15) is 9.59 Å². The van der Waals surface area contributed by atoms with Crippen molar-refractivity contribution in [3.63, 3.8) is 0 Å². The van der Waals surface area contributed by atoms with Gasteiger partial charge < -0.3 is 14.8 Å². The number of anilines is 1. The van der Waals surface area contributed by atoms with Crippen molar-refractivity contribution < 1.29 is 19.1 Å². The van der Waals surface area contributed by atoms with E-state index in [4.69, 9.17) is 9.47 Å². The average Bonchev–Trinajstić information content (AvgIpc) is 3.44. The molecule has 0 spiro atoms. The Morgan fingerprint density at radius 2 is 2.08 bits per heavy atom. The van der Waals surface area contributed by atoms with Crippen molar-refractivity contribution in [2.24, 2.45) is 5.92 Å². The number of hydrogen-bond donors (Lipinski definition) is 1. The highest BCUT2D eigenvalue weighted by atomic mass is 32.2. The highest BCUT2D eigenvalue weighted by molar-refractivity contribution is 7.99. The zero-order valence-electron chi connectivity index (χ0n) is 22.3. The number of aryl methyl sites for hydroxylation is 1. The van der Waals surface area contributed by atoms with Gasteiger partial charge in [0.15, 0.2) is 17.1 Å². The van der Waals surface area contributed by atoms with E-state index < -0.39 is 0 Å². The van der Waals surface area contributed by atoms with Gasteiger partial charge >= 0.3 is 5.97 Å². The number of amides is 1. The maximum absolute atomic E-state index is 13.0. The summed E-state index contributed by atoms with van der Waals surface area (Å²) in [7, 11) is 0. The summed E-state index contributed by atoms with van der Waals surface area (Å²) >= 11 is 2.77. The van der Waals surface area contributed by atoms with E-state index in [2.05, 4.69) is 29.0 Å². The van der Waals surface area contributed by atoms with Crippen LogP contribution in [0.4, 0.5) is 5.00 Å². The minimum absolute atomic E-state index is 0.115. The molecular weight excluding hydrogens is 520 g/mol. The number of carbonyl (C=O) groups excluding carboxylic acids is 2. The van der Waals surface area contributed by atoms with Gasteiger partial charge in [-0.2, -0.15) is 0 Å². The summed E-state index contributed by atoms with van der Waals surface area (Å²) in [5, 5.41) is 12.8. The van der Waals surface area contributed by atoms with E-state index in [1.165, 1.54) is 23.1 Å². The Kier molecular flexibility index (Phi) is 9.27. The highest BCUT2D eigenvalue weighted by Crippen LogP contribution is 2.40. The second-order valence-corrected chi connectivity index (χ2v) is 11.5. The van der Waals surface area contributed by atoms with Crippen LogP contribution in [0.1, 0.15) is 65.5 Å². The van der Waals surface area contributed by atoms with Gasteiger partial charge in [0.05, 0.1) is 17.9 Å². The number of carbonyl (C=O) groups is 2. The normalized spacial score (nSPS) is 15.4. The summed E-state index contributed by atoms with van der Waals surface area (Å²) in [6, 6.07) is 7.84. The molecule has 0 radical (unpaired) electrons. The quantitative estimate of drug-likeness (QED) is 0.176. The van der Waals surface area contributed by atoms with Crippen LogP contribution in [0.2, 0.25) is 0 Å². The number of esters is 1. The van der Waals surface area contributed by atoms with Gasteiger partial charge in [-0.25, -0.2) is 4.79 Å². The standard InChI is InChI=1S/C28H34N4O4S2/c1-6-14-32-25(19(5)36-20-11-8-17(3)9-12-20)30-31-28(32)37-16-23(33)29-26-24(27(34)35-7-2)21-13-10-18(4)15-22(21)38-26/h6,8-9,11-12,18-19H,1,7,10,13-16H2,2-5H3,(H,29,33). The van der Waals surface area contributed by atoms with Crippen LogP contribution in [0.15, 0.2) is 42.1 Å². The van der Waals surface area contributed by atoms with Crippen molar-refractivity contribution in [3.8, 4) is 5.75 Å². The number of aromatic nitrogens is 3. The van der Waals surface area contributed by atoms with Crippen LogP contribution in [0, 0.1) is 12.8 Å². The first-order valence-corrected chi connectivity index (χ1v) is 14.6. The van der Waals surface area contributed by atoms with E-state index >= 15 is 0 Å². The predicted octanol–water partition coefficient (Wildman–Crippen LogP) is 6.01. The number of thiophene rings is 1. The molecule has 2 aromatic heterocycles. The number of allylic oxidation sites excluding steroid dienone is 1. The second kappa shape index (κ2) is 12.6. The predicted molar refractivity (Wildman–Crippen MR) is 151 cm³/mol. The summed E-state index contributed by atoms with van der Waals surface area (Å²) in [5.41, 5.74) is 2.69. The lowest BCUT2D eigenvalue weighted by Gasteiger charge is -2.18. The van der Waals surface area contributed by atoms with E-state index in [-0.39, 0.29) is 30.3 Å². The first-order chi connectivity index (χ1) is 18.3. The van der Waals surface area contributed by atoms with Crippen LogP contribution in [0.5, 0.6) is 5.75 Å². The molecule has 3 aromatic rings. The van der Waals surface area contributed by atoms with Crippen molar-refractivity contribution in [2.75, 3.05) is 17.7 Å². The highest BCUT2D eigenvalue weighted by Gasteiger charge is 2.29.